The Labute approximate surface area is 87.8 Å². The van der Waals surface area contributed by atoms with E-state index in [0.717, 1.165) is 32.7 Å². The van der Waals surface area contributed by atoms with E-state index in [2.05, 4.69) is 31.0 Å². The Bertz CT molecular complexity index is 171. The highest BCUT2D eigenvalue weighted by Crippen LogP contribution is 2.21. The molecule has 1 heterocycles. The largest absolute Gasteiger partial charge is 0.383 e. The normalized spacial score (nSPS) is 24.9. The summed E-state index contributed by atoms with van der Waals surface area (Å²) >= 11 is 0. The fourth-order valence-electron chi connectivity index (χ4n) is 2.30. The highest BCUT2D eigenvalue weighted by molar-refractivity contribution is 4.91. The van der Waals surface area contributed by atoms with E-state index in [-0.39, 0.29) is 5.54 Å². The third kappa shape index (κ3) is 2.69. The van der Waals surface area contributed by atoms with Crippen molar-refractivity contribution in [3.63, 3.8) is 0 Å². The monoisotopic (exact) mass is 200 g/mol. The number of rotatable bonds is 4. The number of methoxy groups -OCH3 is 1. The molecule has 3 heteroatoms. The van der Waals surface area contributed by atoms with Crippen LogP contribution in [0.25, 0.3) is 0 Å². The van der Waals surface area contributed by atoms with Crippen LogP contribution < -0.4 is 5.32 Å². The van der Waals surface area contributed by atoms with Crippen molar-refractivity contribution in [2.75, 3.05) is 33.4 Å². The summed E-state index contributed by atoms with van der Waals surface area (Å²) in [6, 6.07) is 0.567. The summed E-state index contributed by atoms with van der Waals surface area (Å²) in [5, 5.41) is 3.44. The second kappa shape index (κ2) is 5.10. The summed E-state index contributed by atoms with van der Waals surface area (Å²) in [6.07, 6.45) is 1.16. The van der Waals surface area contributed by atoms with Gasteiger partial charge in [-0.05, 0) is 20.3 Å². The second-order valence-electron chi connectivity index (χ2n) is 4.70. The maximum absolute atomic E-state index is 5.28. The van der Waals surface area contributed by atoms with Gasteiger partial charge in [-0.15, -0.1) is 0 Å². The minimum absolute atomic E-state index is 0.261. The van der Waals surface area contributed by atoms with Crippen molar-refractivity contribution in [1.82, 2.24) is 10.2 Å². The molecule has 1 aliphatic heterocycles. The van der Waals surface area contributed by atoms with Gasteiger partial charge in [0, 0.05) is 38.3 Å². The van der Waals surface area contributed by atoms with Gasteiger partial charge in [0.05, 0.1) is 6.61 Å². The zero-order valence-electron chi connectivity index (χ0n) is 9.97. The van der Waals surface area contributed by atoms with E-state index in [1.807, 2.05) is 0 Å². The predicted octanol–water partition coefficient (Wildman–Crippen LogP) is 1.10. The first-order chi connectivity index (χ1) is 6.61. The molecule has 84 valence electrons. The molecule has 0 radical (unpaired) electrons. The summed E-state index contributed by atoms with van der Waals surface area (Å²) in [5.41, 5.74) is 0.261. The third-order valence-electron chi connectivity index (χ3n) is 3.14. The fraction of sp³-hybridized carbons (Fsp3) is 1.00. The number of nitrogens with zero attached hydrogens (tertiary/aromatic N) is 1. The predicted molar refractivity (Wildman–Crippen MR) is 59.6 cm³/mol. The topological polar surface area (TPSA) is 24.5 Å². The molecule has 0 bridgehead atoms. The van der Waals surface area contributed by atoms with Gasteiger partial charge in [-0.1, -0.05) is 6.92 Å². The zero-order valence-corrected chi connectivity index (χ0v) is 9.97. The van der Waals surface area contributed by atoms with Crippen molar-refractivity contribution in [2.45, 2.75) is 38.8 Å². The van der Waals surface area contributed by atoms with E-state index in [1.54, 1.807) is 7.11 Å². The molecule has 0 saturated carbocycles. The summed E-state index contributed by atoms with van der Waals surface area (Å²) in [4.78, 5) is 2.58. The second-order valence-corrected chi connectivity index (χ2v) is 4.70. The molecular weight excluding hydrogens is 176 g/mol. The van der Waals surface area contributed by atoms with Crippen LogP contribution in [-0.2, 0) is 4.74 Å². The molecule has 3 nitrogen and oxygen atoms in total. The van der Waals surface area contributed by atoms with Gasteiger partial charge < -0.3 is 10.1 Å². The van der Waals surface area contributed by atoms with Gasteiger partial charge in [-0.25, -0.2) is 0 Å². The number of piperazine rings is 1. The highest BCUT2D eigenvalue weighted by atomic mass is 16.5. The van der Waals surface area contributed by atoms with Gasteiger partial charge in [-0.2, -0.15) is 0 Å². The van der Waals surface area contributed by atoms with E-state index in [9.17, 15) is 0 Å². The zero-order chi connectivity index (χ0) is 10.6. The lowest BCUT2D eigenvalue weighted by atomic mass is 9.97. The molecule has 1 atom stereocenters. The average molecular weight is 200 g/mol. The summed E-state index contributed by atoms with van der Waals surface area (Å²) < 4.78 is 5.28. The molecule has 1 fully saturated rings. The van der Waals surface area contributed by atoms with Crippen molar-refractivity contribution in [3.05, 3.63) is 0 Å². The Hall–Kier alpha value is -0.120. The Balaban J connectivity index is 2.61. The van der Waals surface area contributed by atoms with Gasteiger partial charge >= 0.3 is 0 Å². The van der Waals surface area contributed by atoms with Crippen LogP contribution in [0.5, 0.6) is 0 Å². The van der Waals surface area contributed by atoms with E-state index in [1.165, 1.54) is 0 Å². The van der Waals surface area contributed by atoms with Crippen molar-refractivity contribution >= 4 is 0 Å². The molecule has 1 unspecified atom stereocenters. The molecule has 1 saturated heterocycles. The van der Waals surface area contributed by atoms with E-state index >= 15 is 0 Å². The van der Waals surface area contributed by atoms with E-state index in [0.29, 0.717) is 6.04 Å². The molecule has 0 aromatic heterocycles. The van der Waals surface area contributed by atoms with E-state index in [4.69, 9.17) is 4.74 Å². The quantitative estimate of drug-likeness (QED) is 0.735. The van der Waals surface area contributed by atoms with Crippen molar-refractivity contribution in [2.24, 2.45) is 0 Å². The molecular formula is C11H24N2O. The molecule has 1 rings (SSSR count). The van der Waals surface area contributed by atoms with Crippen LogP contribution >= 0.6 is 0 Å². The molecule has 0 amide bonds. The SMILES string of the molecule is CCC(COC)N1CCNCC1(C)C. The lowest BCUT2D eigenvalue weighted by Crippen LogP contribution is -2.61. The Kier molecular flexibility index (Phi) is 4.35. The van der Waals surface area contributed by atoms with Crippen molar-refractivity contribution < 1.29 is 4.74 Å². The number of nitrogens with one attached hydrogen (secondary N) is 1. The molecule has 0 spiro atoms. The lowest BCUT2D eigenvalue weighted by molar-refractivity contribution is 0.00544. The third-order valence-corrected chi connectivity index (χ3v) is 3.14. The van der Waals surface area contributed by atoms with Crippen LogP contribution in [-0.4, -0.2) is 49.8 Å². The molecule has 0 aromatic rings. The van der Waals surface area contributed by atoms with Crippen molar-refractivity contribution in [1.29, 1.82) is 0 Å². The molecule has 0 aromatic carbocycles. The minimum atomic E-state index is 0.261. The van der Waals surface area contributed by atoms with E-state index < -0.39 is 0 Å². The van der Waals surface area contributed by atoms with Crippen LogP contribution in [0, 0.1) is 0 Å². The maximum Gasteiger partial charge on any atom is 0.0618 e. The Morgan fingerprint density at radius 3 is 2.71 bits per heavy atom. The Morgan fingerprint density at radius 2 is 2.21 bits per heavy atom. The first-order valence-corrected chi connectivity index (χ1v) is 5.58. The molecule has 1 aliphatic rings. The number of hydrogen-bond acceptors (Lipinski definition) is 3. The van der Waals surface area contributed by atoms with Gasteiger partial charge in [0.1, 0.15) is 0 Å². The highest BCUT2D eigenvalue weighted by Gasteiger charge is 2.33. The van der Waals surface area contributed by atoms with Crippen molar-refractivity contribution in [3.8, 4) is 0 Å². The Morgan fingerprint density at radius 1 is 1.50 bits per heavy atom. The standard InChI is InChI=1S/C11H24N2O/c1-5-10(8-14-4)13-7-6-12-9-11(13,2)3/h10,12H,5-9H2,1-4H3. The lowest BCUT2D eigenvalue weighted by Gasteiger charge is -2.47. The molecule has 14 heavy (non-hydrogen) atoms. The average Bonchev–Trinajstić information content (AvgIpc) is 2.14. The van der Waals surface area contributed by atoms with Gasteiger partial charge in [0.25, 0.3) is 0 Å². The smallest absolute Gasteiger partial charge is 0.0618 e. The summed E-state index contributed by atoms with van der Waals surface area (Å²) in [7, 11) is 1.79. The van der Waals surface area contributed by atoms with Crippen LogP contribution in [0.1, 0.15) is 27.2 Å². The van der Waals surface area contributed by atoms with Gasteiger partial charge in [0.2, 0.25) is 0 Å². The van der Waals surface area contributed by atoms with Gasteiger partial charge in [0.15, 0.2) is 0 Å². The molecule has 0 aliphatic carbocycles. The fourth-order valence-corrected chi connectivity index (χ4v) is 2.30. The summed E-state index contributed by atoms with van der Waals surface area (Å²) in [5.74, 6) is 0. The maximum atomic E-state index is 5.28. The number of hydrogen-bond donors (Lipinski definition) is 1. The summed E-state index contributed by atoms with van der Waals surface area (Å²) in [6.45, 7) is 11.0. The van der Waals surface area contributed by atoms with Crippen LogP contribution in [0.15, 0.2) is 0 Å². The van der Waals surface area contributed by atoms with Crippen LogP contribution in [0.4, 0.5) is 0 Å². The van der Waals surface area contributed by atoms with Crippen LogP contribution in [0.2, 0.25) is 0 Å². The number of ether oxygens (including phenoxy) is 1. The first kappa shape index (κ1) is 12.0. The minimum Gasteiger partial charge on any atom is -0.383 e. The van der Waals surface area contributed by atoms with Crippen LogP contribution in [0.3, 0.4) is 0 Å². The first-order valence-electron chi connectivity index (χ1n) is 5.58. The van der Waals surface area contributed by atoms with Gasteiger partial charge in [-0.3, -0.25) is 4.90 Å². The molecule has 1 N–H and O–H groups in total.